The van der Waals surface area contributed by atoms with Gasteiger partial charge < -0.3 is 13.3 Å². The van der Waals surface area contributed by atoms with Gasteiger partial charge >= 0.3 is 0 Å². The predicted octanol–water partition coefficient (Wildman–Crippen LogP) is 15.2. The molecule has 0 amide bonds. The van der Waals surface area contributed by atoms with E-state index in [0.717, 1.165) is 19.3 Å². The second-order valence-corrected chi connectivity index (χ2v) is 41.6. The molecule has 350 valence electrons. The molecule has 3 rings (SSSR count). The Labute approximate surface area is 393 Å². The van der Waals surface area contributed by atoms with Crippen LogP contribution in [0.1, 0.15) is 140 Å². The maximum atomic E-state index is 7.29. The van der Waals surface area contributed by atoms with Crippen LogP contribution in [0.2, 0.25) is 59.9 Å². The minimum atomic E-state index is -2.68. The highest BCUT2D eigenvalue weighted by molar-refractivity contribution is 6.99. The molecule has 63 heavy (non-hydrogen) atoms. The van der Waals surface area contributed by atoms with Gasteiger partial charge in [0.25, 0.3) is 8.32 Å². The van der Waals surface area contributed by atoms with Crippen LogP contribution in [0.4, 0.5) is 0 Å². The van der Waals surface area contributed by atoms with Gasteiger partial charge in [0, 0.05) is 18.1 Å². The number of benzene rings is 3. The second-order valence-electron chi connectivity index (χ2n) is 23.1. The first-order valence-electron chi connectivity index (χ1n) is 24.6. The number of rotatable bonds is 24. The van der Waals surface area contributed by atoms with E-state index >= 15 is 0 Å². The molecule has 0 spiro atoms. The number of hydrogen-bond donors (Lipinski definition) is 0. The first kappa shape index (κ1) is 55.0. The van der Waals surface area contributed by atoms with Crippen molar-refractivity contribution in [1.29, 1.82) is 0 Å². The Morgan fingerprint density at radius 3 is 1.33 bits per heavy atom. The quantitative estimate of drug-likeness (QED) is 0.0388. The van der Waals surface area contributed by atoms with Crippen LogP contribution >= 0.6 is 0 Å². The lowest BCUT2D eigenvalue weighted by atomic mass is 10.0. The summed E-state index contributed by atoms with van der Waals surface area (Å²) < 4.78 is 21.7. The molecule has 3 aromatic rings. The maximum absolute atomic E-state index is 7.29. The van der Waals surface area contributed by atoms with E-state index in [4.69, 9.17) is 13.3 Å². The van der Waals surface area contributed by atoms with Crippen LogP contribution in [0.15, 0.2) is 104 Å². The number of unbranched alkanes of at least 4 members (excludes halogenated alkanes) is 7. The van der Waals surface area contributed by atoms with E-state index in [2.05, 4.69) is 224 Å². The molecular weight excluding hydrogens is 833 g/mol. The summed E-state index contributed by atoms with van der Waals surface area (Å²) >= 11 is 0. The topological polar surface area (TPSA) is 27.7 Å². The lowest BCUT2D eigenvalue weighted by molar-refractivity contribution is 0.168. The maximum Gasteiger partial charge on any atom is 0.262 e. The highest BCUT2D eigenvalue weighted by Crippen LogP contribution is 2.42. The van der Waals surface area contributed by atoms with Crippen LogP contribution in [0, 0.1) is 11.8 Å². The van der Waals surface area contributed by atoms with Gasteiger partial charge in [-0.2, -0.15) is 0 Å². The molecule has 0 aliphatic heterocycles. The van der Waals surface area contributed by atoms with Crippen LogP contribution in [-0.2, 0) is 13.3 Å². The Morgan fingerprint density at radius 2 is 0.921 bits per heavy atom. The molecule has 0 N–H and O–H groups in total. The van der Waals surface area contributed by atoms with Crippen molar-refractivity contribution in [2.75, 3.05) is 0 Å². The summed E-state index contributed by atoms with van der Waals surface area (Å²) in [7, 11) is -8.43. The molecule has 3 aromatic carbocycles. The predicted molar refractivity (Wildman–Crippen MR) is 288 cm³/mol. The number of hydrogen-bond acceptors (Lipinski definition) is 3. The molecule has 0 aliphatic rings. The third-order valence-electron chi connectivity index (χ3n) is 14.7. The Hall–Kier alpha value is -2.29. The van der Waals surface area contributed by atoms with Crippen molar-refractivity contribution in [2.24, 2.45) is 0 Å². The summed E-state index contributed by atoms with van der Waals surface area (Å²) in [6.45, 7) is 42.3. The van der Waals surface area contributed by atoms with Crippen LogP contribution in [0.5, 0.6) is 0 Å². The zero-order valence-electron chi connectivity index (χ0n) is 43.3. The van der Waals surface area contributed by atoms with Crippen LogP contribution < -0.4 is 15.6 Å². The minimum Gasteiger partial charge on any atom is -0.414 e. The van der Waals surface area contributed by atoms with Crippen molar-refractivity contribution in [1.82, 2.24) is 0 Å². The average Bonchev–Trinajstić information content (AvgIpc) is 3.20. The third kappa shape index (κ3) is 15.7. The Kier molecular flexibility index (Phi) is 20.9. The monoisotopic (exact) mass is 925 g/mol. The van der Waals surface area contributed by atoms with Gasteiger partial charge in [-0.05, 0) is 71.4 Å². The lowest BCUT2D eigenvalue weighted by Crippen LogP contribution is -2.67. The Bertz CT molecular complexity index is 1790. The van der Waals surface area contributed by atoms with Gasteiger partial charge in [-0.25, -0.2) is 0 Å². The van der Waals surface area contributed by atoms with E-state index < -0.39 is 33.0 Å². The molecule has 0 bridgehead atoms. The summed E-state index contributed by atoms with van der Waals surface area (Å²) in [6.07, 6.45) is 15.5. The highest BCUT2D eigenvalue weighted by atomic mass is 28.4. The fraction of sp³-hybridized carbons (Fsp3) is 0.607. The van der Waals surface area contributed by atoms with Crippen molar-refractivity contribution in [2.45, 2.75) is 218 Å². The van der Waals surface area contributed by atoms with Gasteiger partial charge in [0.05, 0.1) is 14.2 Å². The molecule has 0 fully saturated rings. The molecule has 4 atom stereocenters. The molecule has 0 radical (unpaired) electrons. The van der Waals surface area contributed by atoms with Crippen molar-refractivity contribution in [3.8, 4) is 11.8 Å². The molecule has 0 saturated carbocycles. The first-order valence-corrected chi connectivity index (χ1v) is 35.4. The van der Waals surface area contributed by atoms with Crippen molar-refractivity contribution >= 4 is 48.6 Å². The SMILES string of the molecule is C=C[C@@H]([C@@H](CCCCCCCCCC[C@H](CC#C[C@@H](C)O[Si](c1ccccc1)(c1ccccc1)C(C)(C)C)O[Si](C)(C)C(C)(C)C)O[Si](C)(C)C(C)(C)C)[Si](C)(C)c1ccccc1. The zero-order chi connectivity index (χ0) is 47.2. The van der Waals surface area contributed by atoms with Gasteiger partial charge in [0.15, 0.2) is 16.6 Å². The normalized spacial score (nSPS) is 15.2. The lowest BCUT2D eigenvalue weighted by Gasteiger charge is -2.44. The van der Waals surface area contributed by atoms with Crippen molar-refractivity contribution < 1.29 is 13.3 Å². The summed E-state index contributed by atoms with van der Waals surface area (Å²) in [5.41, 5.74) is 0.384. The van der Waals surface area contributed by atoms with Gasteiger partial charge in [-0.3, -0.25) is 0 Å². The molecular formula is C56H92O3Si4. The summed E-state index contributed by atoms with van der Waals surface area (Å²) in [4.78, 5) is 0. The molecule has 0 aromatic heterocycles. The summed E-state index contributed by atoms with van der Waals surface area (Å²) in [6, 6.07) is 33.0. The van der Waals surface area contributed by atoms with E-state index in [1.807, 2.05) is 0 Å². The molecule has 0 heterocycles. The van der Waals surface area contributed by atoms with E-state index in [0.29, 0.717) is 5.54 Å². The minimum absolute atomic E-state index is 0.0846. The summed E-state index contributed by atoms with van der Waals surface area (Å²) in [5, 5.41) is 4.33. The Balaban J connectivity index is 1.59. The van der Waals surface area contributed by atoms with Gasteiger partial charge in [-0.15, -0.1) is 6.58 Å². The second kappa shape index (κ2) is 23.9. The van der Waals surface area contributed by atoms with Gasteiger partial charge in [0.1, 0.15) is 6.10 Å². The smallest absolute Gasteiger partial charge is 0.262 e. The molecule has 7 heteroatoms. The van der Waals surface area contributed by atoms with Crippen molar-refractivity contribution in [3.05, 3.63) is 104 Å². The third-order valence-corrected chi connectivity index (χ3v) is 32.9. The Morgan fingerprint density at radius 1 is 0.524 bits per heavy atom. The molecule has 0 aliphatic carbocycles. The zero-order valence-corrected chi connectivity index (χ0v) is 47.3. The fourth-order valence-corrected chi connectivity index (χ4v) is 19.4. The summed E-state index contributed by atoms with van der Waals surface area (Å²) in [5.74, 6) is 7.18. The first-order chi connectivity index (χ1) is 29.3. The molecule has 3 nitrogen and oxygen atoms in total. The van der Waals surface area contributed by atoms with Crippen LogP contribution in [0.25, 0.3) is 0 Å². The molecule has 0 unspecified atom stereocenters. The molecule has 0 saturated heterocycles. The largest absolute Gasteiger partial charge is 0.414 e. The van der Waals surface area contributed by atoms with Gasteiger partial charge in [-0.1, -0.05) is 241 Å². The van der Waals surface area contributed by atoms with E-state index in [1.54, 1.807) is 0 Å². The fourth-order valence-electron chi connectivity index (χ4n) is 8.71. The van der Waals surface area contributed by atoms with Gasteiger partial charge in [0.2, 0.25) is 0 Å². The van der Waals surface area contributed by atoms with Crippen LogP contribution in [-0.4, -0.2) is 51.3 Å². The average molecular weight is 926 g/mol. The van der Waals surface area contributed by atoms with Crippen LogP contribution in [0.3, 0.4) is 0 Å². The highest BCUT2D eigenvalue weighted by Gasteiger charge is 2.51. The van der Waals surface area contributed by atoms with E-state index in [9.17, 15) is 0 Å². The van der Waals surface area contributed by atoms with E-state index in [-0.39, 0.29) is 33.4 Å². The van der Waals surface area contributed by atoms with Crippen molar-refractivity contribution in [3.63, 3.8) is 0 Å². The standard InChI is InChI=1S/C56H92O3Si4/c1-18-53(60(12,13)49-40-29-25-30-41-49)52(59-62(16,17)55(6,7)8)46-35-24-22-20-19-21-23-28-38-48(58-61(14,15)54(3,4)5)39-36-37-47(2)57-63(56(9,10)11,50-42-31-26-32-43-50)51-44-33-27-34-45-51/h18,25-27,29-34,40-45,47-48,52-53H,1,19-24,28,35,38-39,46H2,2-17H3/t47-,48-,52-,53+/m1/s1. The van der Waals surface area contributed by atoms with E-state index in [1.165, 1.54) is 66.9 Å².